The fourth-order valence-corrected chi connectivity index (χ4v) is 3.15. The van der Waals surface area contributed by atoms with Gasteiger partial charge in [-0.3, -0.25) is 10.1 Å². The van der Waals surface area contributed by atoms with Gasteiger partial charge in [0.15, 0.2) is 0 Å². The second kappa shape index (κ2) is 8.44. The Balaban J connectivity index is 1.62. The van der Waals surface area contributed by atoms with Crippen LogP contribution in [0.3, 0.4) is 0 Å². The van der Waals surface area contributed by atoms with E-state index in [0.717, 1.165) is 17.0 Å². The largest absolute Gasteiger partial charge is 0.497 e. The molecule has 1 aromatic heterocycles. The molecule has 0 bridgehead atoms. The molecule has 0 fully saturated rings. The normalized spacial score (nSPS) is 10.5. The fourth-order valence-electron chi connectivity index (χ4n) is 3.15. The number of hydrogen-bond acceptors (Lipinski definition) is 3. The minimum absolute atomic E-state index is 0.229. The number of H-pyrrole nitrogens is 1. The van der Waals surface area contributed by atoms with E-state index in [9.17, 15) is 4.79 Å². The number of carbonyl (C=O) groups excluding carboxylic acids is 1. The maximum absolute atomic E-state index is 12.6. The van der Waals surface area contributed by atoms with E-state index in [-0.39, 0.29) is 5.91 Å². The van der Waals surface area contributed by atoms with Gasteiger partial charge in [-0.05, 0) is 29.8 Å². The van der Waals surface area contributed by atoms with E-state index in [4.69, 9.17) is 4.74 Å². The van der Waals surface area contributed by atoms with E-state index in [1.165, 1.54) is 5.56 Å². The van der Waals surface area contributed by atoms with Crippen molar-refractivity contribution < 1.29 is 9.53 Å². The van der Waals surface area contributed by atoms with E-state index in [1.807, 2.05) is 48.5 Å². The van der Waals surface area contributed by atoms with Crippen LogP contribution in [0.4, 0.5) is 5.95 Å². The van der Waals surface area contributed by atoms with Gasteiger partial charge in [0.05, 0.1) is 12.8 Å². The fraction of sp³-hybridized carbons (Fsp3) is 0.0833. The molecule has 0 spiro atoms. The minimum atomic E-state index is -0.229. The van der Waals surface area contributed by atoms with Crippen molar-refractivity contribution in [3.8, 4) is 17.0 Å². The molecule has 4 rings (SSSR count). The van der Waals surface area contributed by atoms with E-state index < -0.39 is 0 Å². The van der Waals surface area contributed by atoms with Crippen LogP contribution in [0.5, 0.6) is 5.75 Å². The van der Waals surface area contributed by atoms with Gasteiger partial charge in [-0.15, -0.1) is 0 Å². The molecule has 0 aliphatic heterocycles. The number of imidazole rings is 1. The molecule has 29 heavy (non-hydrogen) atoms. The van der Waals surface area contributed by atoms with Crippen LogP contribution < -0.4 is 10.1 Å². The number of methoxy groups -OCH3 is 1. The zero-order valence-corrected chi connectivity index (χ0v) is 16.1. The van der Waals surface area contributed by atoms with Gasteiger partial charge in [-0.1, -0.05) is 60.7 Å². The standard InChI is InChI=1S/C24H21N3O2/c1-29-20-14-12-19(13-15-20)23(28)27-24-25-21(16-17-8-4-2-5-9-17)22(26-24)18-10-6-3-7-11-18/h2-15H,16H2,1H3,(H2,25,26,27,28). The third-order valence-electron chi connectivity index (χ3n) is 4.63. The van der Waals surface area contributed by atoms with Gasteiger partial charge in [0, 0.05) is 23.2 Å². The molecule has 5 heteroatoms. The number of rotatable bonds is 6. The van der Waals surface area contributed by atoms with Gasteiger partial charge in [0.1, 0.15) is 5.75 Å². The summed E-state index contributed by atoms with van der Waals surface area (Å²) in [5.41, 5.74) is 4.49. The molecule has 0 saturated heterocycles. The van der Waals surface area contributed by atoms with Crippen molar-refractivity contribution in [3.05, 3.63) is 102 Å². The first kappa shape index (κ1) is 18.5. The first-order valence-corrected chi connectivity index (χ1v) is 9.36. The summed E-state index contributed by atoms with van der Waals surface area (Å²) < 4.78 is 5.14. The van der Waals surface area contributed by atoms with E-state index >= 15 is 0 Å². The Hall–Kier alpha value is -3.86. The summed E-state index contributed by atoms with van der Waals surface area (Å²) >= 11 is 0. The summed E-state index contributed by atoms with van der Waals surface area (Å²) in [5, 5.41) is 2.87. The molecule has 4 aromatic rings. The summed E-state index contributed by atoms with van der Waals surface area (Å²) in [4.78, 5) is 20.6. The molecule has 5 nitrogen and oxygen atoms in total. The molecule has 1 amide bonds. The molecular formula is C24H21N3O2. The van der Waals surface area contributed by atoms with Crippen molar-refractivity contribution in [1.82, 2.24) is 9.97 Å². The summed E-state index contributed by atoms with van der Waals surface area (Å²) in [6, 6.07) is 27.1. The van der Waals surface area contributed by atoms with Crippen molar-refractivity contribution in [2.75, 3.05) is 12.4 Å². The zero-order chi connectivity index (χ0) is 20.1. The first-order chi connectivity index (χ1) is 14.2. The number of nitrogens with one attached hydrogen (secondary N) is 2. The SMILES string of the molecule is COc1ccc(C(=O)Nc2nc(-c3ccccc3)c(Cc3ccccc3)[nH]2)cc1. The Bertz CT molecular complexity index is 1090. The number of aromatic amines is 1. The molecule has 0 atom stereocenters. The molecule has 2 N–H and O–H groups in total. The predicted molar refractivity (Wildman–Crippen MR) is 114 cm³/mol. The van der Waals surface area contributed by atoms with Gasteiger partial charge in [0.2, 0.25) is 5.95 Å². The lowest BCUT2D eigenvalue weighted by Gasteiger charge is -2.03. The highest BCUT2D eigenvalue weighted by atomic mass is 16.5. The monoisotopic (exact) mass is 383 g/mol. The van der Waals surface area contributed by atoms with E-state index in [1.54, 1.807) is 31.4 Å². The average molecular weight is 383 g/mol. The van der Waals surface area contributed by atoms with Crippen LogP contribution in [0.25, 0.3) is 11.3 Å². The maximum Gasteiger partial charge on any atom is 0.257 e. The highest BCUT2D eigenvalue weighted by Gasteiger charge is 2.15. The van der Waals surface area contributed by atoms with E-state index in [0.29, 0.717) is 23.7 Å². The average Bonchev–Trinajstić information content (AvgIpc) is 3.17. The zero-order valence-electron chi connectivity index (χ0n) is 16.1. The van der Waals surface area contributed by atoms with Crippen molar-refractivity contribution in [2.45, 2.75) is 6.42 Å². The van der Waals surface area contributed by atoms with Crippen molar-refractivity contribution in [1.29, 1.82) is 0 Å². The molecule has 0 aliphatic rings. The summed E-state index contributed by atoms with van der Waals surface area (Å²) in [6.45, 7) is 0. The smallest absolute Gasteiger partial charge is 0.257 e. The Morgan fingerprint density at radius 1 is 0.931 bits per heavy atom. The summed E-state index contributed by atoms with van der Waals surface area (Å²) in [5.74, 6) is 0.902. The number of anilines is 1. The lowest BCUT2D eigenvalue weighted by Crippen LogP contribution is -2.12. The van der Waals surface area contributed by atoms with Crippen molar-refractivity contribution in [2.24, 2.45) is 0 Å². The van der Waals surface area contributed by atoms with Crippen LogP contribution >= 0.6 is 0 Å². The summed E-state index contributed by atoms with van der Waals surface area (Å²) in [7, 11) is 1.59. The van der Waals surface area contributed by atoms with Crippen LogP contribution in [-0.4, -0.2) is 23.0 Å². The number of ether oxygens (including phenoxy) is 1. The highest BCUT2D eigenvalue weighted by molar-refractivity contribution is 6.03. The maximum atomic E-state index is 12.6. The Kier molecular flexibility index (Phi) is 5.38. The summed E-state index contributed by atoms with van der Waals surface area (Å²) in [6.07, 6.45) is 0.691. The lowest BCUT2D eigenvalue weighted by molar-refractivity contribution is 0.102. The molecule has 3 aromatic carbocycles. The van der Waals surface area contributed by atoms with Crippen LogP contribution in [0.1, 0.15) is 21.6 Å². The van der Waals surface area contributed by atoms with E-state index in [2.05, 4.69) is 27.4 Å². The number of aromatic nitrogens is 2. The quantitative estimate of drug-likeness (QED) is 0.496. The molecule has 0 saturated carbocycles. The van der Waals surface area contributed by atoms with Crippen LogP contribution in [0.2, 0.25) is 0 Å². The van der Waals surface area contributed by atoms with Crippen LogP contribution in [0, 0.1) is 0 Å². The Morgan fingerprint density at radius 2 is 1.59 bits per heavy atom. The van der Waals surface area contributed by atoms with Crippen LogP contribution in [-0.2, 0) is 6.42 Å². The van der Waals surface area contributed by atoms with Gasteiger partial charge in [0.25, 0.3) is 5.91 Å². The third kappa shape index (κ3) is 4.35. The topological polar surface area (TPSA) is 67.0 Å². The Morgan fingerprint density at radius 3 is 2.24 bits per heavy atom. The number of hydrogen-bond donors (Lipinski definition) is 2. The molecule has 1 heterocycles. The molecular weight excluding hydrogens is 362 g/mol. The number of nitrogens with zero attached hydrogens (tertiary/aromatic N) is 1. The van der Waals surface area contributed by atoms with Crippen LogP contribution in [0.15, 0.2) is 84.9 Å². The molecule has 0 unspecified atom stereocenters. The number of carbonyl (C=O) groups is 1. The number of benzene rings is 3. The lowest BCUT2D eigenvalue weighted by atomic mass is 10.0. The minimum Gasteiger partial charge on any atom is -0.497 e. The third-order valence-corrected chi connectivity index (χ3v) is 4.63. The van der Waals surface area contributed by atoms with Gasteiger partial charge in [-0.2, -0.15) is 0 Å². The predicted octanol–water partition coefficient (Wildman–Crippen LogP) is 4.93. The molecule has 0 radical (unpaired) electrons. The van der Waals surface area contributed by atoms with Crippen molar-refractivity contribution >= 4 is 11.9 Å². The van der Waals surface area contributed by atoms with Crippen molar-refractivity contribution in [3.63, 3.8) is 0 Å². The Labute approximate surface area is 169 Å². The molecule has 0 aliphatic carbocycles. The van der Waals surface area contributed by atoms with Gasteiger partial charge in [-0.25, -0.2) is 4.98 Å². The number of amides is 1. The van der Waals surface area contributed by atoms with Gasteiger partial charge < -0.3 is 9.72 Å². The second-order valence-electron chi connectivity index (χ2n) is 6.62. The second-order valence-corrected chi connectivity index (χ2v) is 6.62. The highest BCUT2D eigenvalue weighted by Crippen LogP contribution is 2.25. The first-order valence-electron chi connectivity index (χ1n) is 9.36. The van der Waals surface area contributed by atoms with Gasteiger partial charge >= 0.3 is 0 Å². The molecule has 144 valence electrons.